The second-order valence-corrected chi connectivity index (χ2v) is 5.17. The predicted molar refractivity (Wildman–Crippen MR) is 84.0 cm³/mol. The summed E-state index contributed by atoms with van der Waals surface area (Å²) in [6.07, 6.45) is 11.2. The molecule has 0 aromatic rings. The van der Waals surface area contributed by atoms with Crippen LogP contribution in [0, 0.1) is 0 Å². The molecule has 0 unspecified atom stereocenters. The fourth-order valence-corrected chi connectivity index (χ4v) is 1.74. The minimum atomic E-state index is -0.954. The molecule has 5 heteroatoms. The number of hydrogen-bond donors (Lipinski definition) is 3. The molecule has 0 aliphatic heterocycles. The lowest BCUT2D eigenvalue weighted by molar-refractivity contribution is -0.140. The average molecular weight is 306 g/mol. The second kappa shape index (κ2) is 19.4. The molecule has 0 aromatic carbocycles. The summed E-state index contributed by atoms with van der Waals surface area (Å²) in [6.45, 7) is 1.51. The van der Waals surface area contributed by atoms with E-state index in [2.05, 4.69) is 11.7 Å². The molecule has 0 rings (SSSR count). The minimum absolute atomic E-state index is 0.0713. The minimum Gasteiger partial charge on any atom is -0.469 e. The molecule has 0 radical (unpaired) electrons. The summed E-state index contributed by atoms with van der Waals surface area (Å²) >= 11 is 0. The van der Waals surface area contributed by atoms with Crippen molar-refractivity contribution in [2.45, 2.75) is 77.2 Å². The Labute approximate surface area is 129 Å². The van der Waals surface area contributed by atoms with Gasteiger partial charge in [-0.15, -0.1) is 0 Å². The second-order valence-electron chi connectivity index (χ2n) is 5.17. The molecule has 0 atom stereocenters. The van der Waals surface area contributed by atoms with E-state index >= 15 is 0 Å². The van der Waals surface area contributed by atoms with Crippen LogP contribution in [-0.2, 0) is 9.53 Å². The first kappa shape index (κ1) is 22.6. The van der Waals surface area contributed by atoms with Gasteiger partial charge in [-0.1, -0.05) is 58.3 Å². The van der Waals surface area contributed by atoms with Gasteiger partial charge in [-0.3, -0.25) is 4.79 Å². The van der Waals surface area contributed by atoms with Crippen LogP contribution in [0.4, 0.5) is 0 Å². The van der Waals surface area contributed by atoms with E-state index in [1.165, 1.54) is 58.5 Å². The van der Waals surface area contributed by atoms with Crippen molar-refractivity contribution < 1.29 is 24.9 Å². The lowest BCUT2D eigenvalue weighted by Crippen LogP contribution is -2.15. The maximum Gasteiger partial charge on any atom is 0.305 e. The molecule has 0 spiro atoms. The highest BCUT2D eigenvalue weighted by Crippen LogP contribution is 2.10. The van der Waals surface area contributed by atoms with Crippen molar-refractivity contribution in [3.8, 4) is 0 Å². The van der Waals surface area contributed by atoms with E-state index in [4.69, 9.17) is 15.3 Å². The number of ether oxygens (including phenoxy) is 1. The molecule has 5 nitrogen and oxygen atoms in total. The Bertz CT molecular complexity index is 205. The lowest BCUT2D eigenvalue weighted by Gasteiger charge is -2.01. The lowest BCUT2D eigenvalue weighted by atomic mass is 10.1. The highest BCUT2D eigenvalue weighted by molar-refractivity contribution is 5.68. The Balaban J connectivity index is 0. The van der Waals surface area contributed by atoms with Gasteiger partial charge in [0.1, 0.15) is 6.10 Å². The molecule has 0 heterocycles. The molecule has 128 valence electrons. The van der Waals surface area contributed by atoms with Crippen molar-refractivity contribution >= 4 is 5.97 Å². The molecule has 0 aliphatic carbocycles. The fourth-order valence-electron chi connectivity index (χ4n) is 1.74. The molecule has 3 N–H and O–H groups in total. The van der Waals surface area contributed by atoms with Crippen LogP contribution in [0.25, 0.3) is 0 Å². The predicted octanol–water partition coefficient (Wildman–Crippen LogP) is 2.41. The monoisotopic (exact) mass is 306 g/mol. The number of hydrogen-bond acceptors (Lipinski definition) is 5. The number of rotatable bonds is 12. The molecular weight excluding hydrogens is 272 g/mol. The van der Waals surface area contributed by atoms with Gasteiger partial charge in [-0.2, -0.15) is 0 Å². The standard InChI is InChI=1S/C13H26O2.C3H8O3/c1-3-4-5-6-7-8-9-10-11-12-13(14)15-2;4-1-3(6)2-5/h3-12H2,1-2H3;3-6H,1-2H2. The Morgan fingerprint density at radius 2 is 1.33 bits per heavy atom. The van der Waals surface area contributed by atoms with E-state index in [-0.39, 0.29) is 19.2 Å². The van der Waals surface area contributed by atoms with Crippen molar-refractivity contribution in [3.63, 3.8) is 0 Å². The third-order valence-corrected chi connectivity index (χ3v) is 3.13. The van der Waals surface area contributed by atoms with E-state index < -0.39 is 6.10 Å². The number of unbranched alkanes of at least 4 members (excludes halogenated alkanes) is 8. The van der Waals surface area contributed by atoms with Gasteiger partial charge in [0.2, 0.25) is 0 Å². The number of carbonyl (C=O) groups excluding carboxylic acids is 1. The van der Waals surface area contributed by atoms with Crippen LogP contribution in [-0.4, -0.2) is 47.7 Å². The molecule has 0 aliphatic rings. The van der Waals surface area contributed by atoms with Crippen LogP contribution in [0.5, 0.6) is 0 Å². The number of esters is 1. The smallest absolute Gasteiger partial charge is 0.305 e. The van der Waals surface area contributed by atoms with Crippen LogP contribution in [0.3, 0.4) is 0 Å². The van der Waals surface area contributed by atoms with Crippen molar-refractivity contribution in [2.24, 2.45) is 0 Å². The van der Waals surface area contributed by atoms with E-state index in [0.29, 0.717) is 6.42 Å². The van der Waals surface area contributed by atoms with E-state index in [1.807, 2.05) is 0 Å². The zero-order chi connectivity index (χ0) is 16.3. The Morgan fingerprint density at radius 1 is 0.905 bits per heavy atom. The largest absolute Gasteiger partial charge is 0.469 e. The van der Waals surface area contributed by atoms with Gasteiger partial charge in [0.05, 0.1) is 20.3 Å². The highest BCUT2D eigenvalue weighted by atomic mass is 16.5. The summed E-state index contributed by atoms with van der Waals surface area (Å²) < 4.78 is 4.58. The Hall–Kier alpha value is -0.650. The van der Waals surface area contributed by atoms with Gasteiger partial charge in [0, 0.05) is 6.42 Å². The number of aliphatic hydroxyl groups excluding tert-OH is 3. The van der Waals surface area contributed by atoms with E-state index in [9.17, 15) is 4.79 Å². The van der Waals surface area contributed by atoms with Crippen molar-refractivity contribution in [2.75, 3.05) is 20.3 Å². The van der Waals surface area contributed by atoms with Crippen LogP contribution < -0.4 is 0 Å². The highest BCUT2D eigenvalue weighted by Gasteiger charge is 1.98. The van der Waals surface area contributed by atoms with Gasteiger partial charge in [0.15, 0.2) is 0 Å². The van der Waals surface area contributed by atoms with Crippen LogP contribution >= 0.6 is 0 Å². The normalized spacial score (nSPS) is 10.2. The van der Waals surface area contributed by atoms with Gasteiger partial charge in [0.25, 0.3) is 0 Å². The fraction of sp³-hybridized carbons (Fsp3) is 0.938. The van der Waals surface area contributed by atoms with Gasteiger partial charge >= 0.3 is 5.97 Å². The molecule has 0 amide bonds. The summed E-state index contributed by atoms with van der Waals surface area (Å²) in [5.74, 6) is -0.0713. The summed E-state index contributed by atoms with van der Waals surface area (Å²) in [5, 5.41) is 24.0. The topological polar surface area (TPSA) is 87.0 Å². The number of aliphatic hydroxyl groups is 3. The first-order valence-corrected chi connectivity index (χ1v) is 8.08. The maximum atomic E-state index is 10.8. The zero-order valence-electron chi connectivity index (χ0n) is 13.7. The molecule has 0 fully saturated rings. The van der Waals surface area contributed by atoms with Crippen LogP contribution in [0.2, 0.25) is 0 Å². The first-order chi connectivity index (χ1) is 10.1. The summed E-state index contributed by atoms with van der Waals surface area (Å²) in [6, 6.07) is 0. The van der Waals surface area contributed by atoms with Crippen LogP contribution in [0.1, 0.15) is 71.1 Å². The van der Waals surface area contributed by atoms with Crippen LogP contribution in [0.15, 0.2) is 0 Å². The van der Waals surface area contributed by atoms with Gasteiger partial charge in [-0.25, -0.2) is 0 Å². The molecule has 0 saturated carbocycles. The van der Waals surface area contributed by atoms with Crippen molar-refractivity contribution in [3.05, 3.63) is 0 Å². The molecule has 0 bridgehead atoms. The third kappa shape index (κ3) is 21.8. The third-order valence-electron chi connectivity index (χ3n) is 3.13. The average Bonchev–Trinajstić information content (AvgIpc) is 2.52. The molecule has 0 saturated heterocycles. The first-order valence-electron chi connectivity index (χ1n) is 8.08. The summed E-state index contributed by atoms with van der Waals surface area (Å²) in [5.41, 5.74) is 0. The van der Waals surface area contributed by atoms with E-state index in [0.717, 1.165) is 6.42 Å². The number of carbonyl (C=O) groups is 1. The Kier molecular flexibility index (Phi) is 20.9. The SMILES string of the molecule is CCCCCCCCCCCC(=O)OC.OCC(O)CO. The van der Waals surface area contributed by atoms with Crippen molar-refractivity contribution in [1.29, 1.82) is 0 Å². The number of methoxy groups -OCH3 is 1. The maximum absolute atomic E-state index is 10.8. The molecular formula is C16H34O5. The molecule has 21 heavy (non-hydrogen) atoms. The summed E-state index contributed by atoms with van der Waals surface area (Å²) in [7, 11) is 1.45. The quantitative estimate of drug-likeness (QED) is 0.381. The Morgan fingerprint density at radius 3 is 1.67 bits per heavy atom. The zero-order valence-corrected chi connectivity index (χ0v) is 13.7. The van der Waals surface area contributed by atoms with Gasteiger partial charge in [-0.05, 0) is 6.42 Å². The summed E-state index contributed by atoms with van der Waals surface area (Å²) in [4.78, 5) is 10.8. The van der Waals surface area contributed by atoms with Crippen molar-refractivity contribution in [1.82, 2.24) is 0 Å². The van der Waals surface area contributed by atoms with Gasteiger partial charge < -0.3 is 20.1 Å². The molecule has 0 aromatic heterocycles. The van der Waals surface area contributed by atoms with E-state index in [1.54, 1.807) is 0 Å².